The van der Waals surface area contributed by atoms with Crippen LogP contribution < -0.4 is 5.73 Å². The normalized spacial score (nSPS) is 12.6. The Labute approximate surface area is 114 Å². The monoisotopic (exact) mass is 270 g/mol. The van der Waals surface area contributed by atoms with E-state index in [2.05, 4.69) is 4.98 Å². The van der Waals surface area contributed by atoms with Crippen LogP contribution in [-0.4, -0.2) is 4.98 Å². The van der Waals surface area contributed by atoms with Gasteiger partial charge in [-0.3, -0.25) is 4.98 Å². The Hall–Kier alpha value is -2.33. The summed E-state index contributed by atoms with van der Waals surface area (Å²) in [7, 11) is 0. The largest absolute Gasteiger partial charge is 0.320 e. The van der Waals surface area contributed by atoms with Gasteiger partial charge in [0.2, 0.25) is 0 Å². The number of rotatable bonds is 2. The van der Waals surface area contributed by atoms with E-state index in [1.165, 1.54) is 12.1 Å². The number of benzene rings is 2. The van der Waals surface area contributed by atoms with E-state index in [0.717, 1.165) is 17.0 Å². The molecule has 0 aliphatic rings. The fourth-order valence-electron chi connectivity index (χ4n) is 2.22. The molecule has 2 nitrogen and oxygen atoms in total. The third kappa shape index (κ3) is 2.14. The van der Waals surface area contributed by atoms with Crippen LogP contribution in [0, 0.1) is 11.6 Å². The van der Waals surface area contributed by atoms with Crippen molar-refractivity contribution in [3.05, 3.63) is 77.5 Å². The lowest BCUT2D eigenvalue weighted by Crippen LogP contribution is -2.14. The van der Waals surface area contributed by atoms with Crippen LogP contribution in [0.3, 0.4) is 0 Å². The van der Waals surface area contributed by atoms with Crippen LogP contribution in [0.4, 0.5) is 8.78 Å². The third-order valence-corrected chi connectivity index (χ3v) is 3.31. The Bertz CT molecular complexity index is 771. The van der Waals surface area contributed by atoms with Crippen molar-refractivity contribution < 1.29 is 8.78 Å². The zero-order chi connectivity index (χ0) is 14.1. The molecule has 0 fully saturated rings. The van der Waals surface area contributed by atoms with Crippen molar-refractivity contribution in [2.24, 2.45) is 5.73 Å². The average Bonchev–Trinajstić information content (AvgIpc) is 2.49. The molecular weight excluding hydrogens is 258 g/mol. The van der Waals surface area contributed by atoms with Crippen molar-refractivity contribution in [1.82, 2.24) is 4.98 Å². The topological polar surface area (TPSA) is 38.9 Å². The van der Waals surface area contributed by atoms with Gasteiger partial charge in [-0.1, -0.05) is 30.3 Å². The van der Waals surface area contributed by atoms with Crippen LogP contribution >= 0.6 is 0 Å². The zero-order valence-corrected chi connectivity index (χ0v) is 10.6. The molecule has 2 N–H and O–H groups in total. The quantitative estimate of drug-likeness (QED) is 0.773. The van der Waals surface area contributed by atoms with Gasteiger partial charge < -0.3 is 5.73 Å². The number of hydrogen-bond donors (Lipinski definition) is 1. The fraction of sp³-hybridized carbons (Fsp3) is 0.0625. The first-order valence-corrected chi connectivity index (χ1v) is 6.21. The molecule has 100 valence electrons. The first-order chi connectivity index (χ1) is 9.66. The van der Waals surface area contributed by atoms with Crippen molar-refractivity contribution >= 4 is 10.9 Å². The molecule has 0 aliphatic heterocycles. The number of pyridine rings is 1. The van der Waals surface area contributed by atoms with Crippen LogP contribution in [0.1, 0.15) is 17.2 Å². The van der Waals surface area contributed by atoms with Gasteiger partial charge in [-0.15, -0.1) is 0 Å². The number of fused-ring (bicyclic) bond motifs is 1. The van der Waals surface area contributed by atoms with Crippen LogP contribution in [0.5, 0.6) is 0 Å². The summed E-state index contributed by atoms with van der Waals surface area (Å²) < 4.78 is 27.0. The van der Waals surface area contributed by atoms with E-state index >= 15 is 0 Å². The van der Waals surface area contributed by atoms with Gasteiger partial charge >= 0.3 is 0 Å². The molecule has 0 saturated carbocycles. The summed E-state index contributed by atoms with van der Waals surface area (Å²) in [6.07, 6.45) is 1.68. The van der Waals surface area contributed by atoms with Crippen LogP contribution in [0.2, 0.25) is 0 Å². The van der Waals surface area contributed by atoms with E-state index in [4.69, 9.17) is 5.73 Å². The van der Waals surface area contributed by atoms with Gasteiger partial charge in [-0.05, 0) is 23.8 Å². The van der Waals surface area contributed by atoms with E-state index in [0.29, 0.717) is 5.56 Å². The molecule has 20 heavy (non-hydrogen) atoms. The highest BCUT2D eigenvalue weighted by atomic mass is 19.2. The summed E-state index contributed by atoms with van der Waals surface area (Å²) >= 11 is 0. The Balaban J connectivity index is 2.08. The summed E-state index contributed by atoms with van der Waals surface area (Å²) in [6.45, 7) is 0. The third-order valence-electron chi connectivity index (χ3n) is 3.31. The second-order valence-electron chi connectivity index (χ2n) is 4.58. The summed E-state index contributed by atoms with van der Waals surface area (Å²) in [4.78, 5) is 4.23. The second-order valence-corrected chi connectivity index (χ2v) is 4.58. The maximum atomic E-state index is 13.8. The predicted octanol–water partition coefficient (Wildman–Crippen LogP) is 3.56. The lowest BCUT2D eigenvalue weighted by molar-refractivity contribution is 0.494. The van der Waals surface area contributed by atoms with E-state index in [1.807, 2.05) is 18.2 Å². The van der Waals surface area contributed by atoms with Crippen LogP contribution in [0.15, 0.2) is 54.7 Å². The van der Waals surface area contributed by atoms with E-state index < -0.39 is 17.7 Å². The highest BCUT2D eigenvalue weighted by Gasteiger charge is 2.16. The Morgan fingerprint density at radius 2 is 1.85 bits per heavy atom. The molecule has 0 bridgehead atoms. The second kappa shape index (κ2) is 4.98. The maximum absolute atomic E-state index is 13.8. The standard InChI is InChI=1S/C16H12F2N2/c17-13-5-1-4-12(15(13)18)16(19)11-7-6-10-3-2-8-20-14(10)9-11/h1-9,16H,19H2. The minimum absolute atomic E-state index is 0.139. The number of aromatic nitrogens is 1. The van der Waals surface area contributed by atoms with Crippen molar-refractivity contribution in [2.75, 3.05) is 0 Å². The number of nitrogens with two attached hydrogens (primary N) is 1. The minimum Gasteiger partial charge on any atom is -0.320 e. The van der Waals surface area contributed by atoms with Crippen LogP contribution in [-0.2, 0) is 0 Å². The molecular formula is C16H12F2N2. The molecule has 1 unspecified atom stereocenters. The van der Waals surface area contributed by atoms with Crippen molar-refractivity contribution in [3.8, 4) is 0 Å². The molecule has 1 aromatic heterocycles. The first kappa shape index (κ1) is 12.7. The van der Waals surface area contributed by atoms with Gasteiger partial charge in [-0.25, -0.2) is 8.78 Å². The van der Waals surface area contributed by atoms with E-state index in [-0.39, 0.29) is 5.56 Å². The molecule has 2 aromatic carbocycles. The Morgan fingerprint density at radius 1 is 1.00 bits per heavy atom. The number of nitrogens with zero attached hydrogens (tertiary/aromatic N) is 1. The predicted molar refractivity (Wildman–Crippen MR) is 74.1 cm³/mol. The Kier molecular flexibility index (Phi) is 3.16. The van der Waals surface area contributed by atoms with Crippen molar-refractivity contribution in [3.63, 3.8) is 0 Å². The molecule has 1 atom stereocenters. The molecule has 0 radical (unpaired) electrons. The average molecular weight is 270 g/mol. The van der Waals surface area contributed by atoms with Gasteiger partial charge in [0.1, 0.15) is 0 Å². The maximum Gasteiger partial charge on any atom is 0.163 e. The lowest BCUT2D eigenvalue weighted by Gasteiger charge is -2.14. The minimum atomic E-state index is -0.902. The van der Waals surface area contributed by atoms with Gasteiger partial charge in [0, 0.05) is 17.1 Å². The number of halogens is 2. The highest BCUT2D eigenvalue weighted by molar-refractivity contribution is 5.79. The SMILES string of the molecule is NC(c1ccc2cccnc2c1)c1cccc(F)c1F. The van der Waals surface area contributed by atoms with Crippen molar-refractivity contribution in [1.29, 1.82) is 0 Å². The summed E-state index contributed by atoms with van der Waals surface area (Å²) in [5.74, 6) is -1.79. The van der Waals surface area contributed by atoms with Gasteiger partial charge in [0.15, 0.2) is 11.6 Å². The molecule has 3 rings (SSSR count). The molecule has 3 aromatic rings. The zero-order valence-electron chi connectivity index (χ0n) is 10.6. The fourth-order valence-corrected chi connectivity index (χ4v) is 2.22. The summed E-state index contributed by atoms with van der Waals surface area (Å²) in [6, 6.07) is 12.5. The lowest BCUT2D eigenvalue weighted by atomic mass is 9.98. The first-order valence-electron chi connectivity index (χ1n) is 6.21. The Morgan fingerprint density at radius 3 is 2.70 bits per heavy atom. The molecule has 0 spiro atoms. The van der Waals surface area contributed by atoms with Gasteiger partial charge in [0.25, 0.3) is 0 Å². The van der Waals surface area contributed by atoms with E-state index in [9.17, 15) is 8.78 Å². The molecule has 0 aliphatic carbocycles. The molecule has 0 saturated heterocycles. The summed E-state index contributed by atoms with van der Waals surface area (Å²) in [5, 5.41) is 0.975. The molecule has 1 heterocycles. The van der Waals surface area contributed by atoms with E-state index in [1.54, 1.807) is 18.3 Å². The summed E-state index contributed by atoms with van der Waals surface area (Å²) in [5.41, 5.74) is 7.65. The van der Waals surface area contributed by atoms with Gasteiger partial charge in [0.05, 0.1) is 11.6 Å². The number of hydrogen-bond acceptors (Lipinski definition) is 2. The van der Waals surface area contributed by atoms with Crippen LogP contribution in [0.25, 0.3) is 10.9 Å². The smallest absolute Gasteiger partial charge is 0.163 e. The molecule has 4 heteroatoms. The molecule has 0 amide bonds. The highest BCUT2D eigenvalue weighted by Crippen LogP contribution is 2.25. The van der Waals surface area contributed by atoms with Gasteiger partial charge in [-0.2, -0.15) is 0 Å². The van der Waals surface area contributed by atoms with Crippen molar-refractivity contribution in [2.45, 2.75) is 6.04 Å².